The van der Waals surface area contributed by atoms with E-state index in [0.717, 1.165) is 11.5 Å². The fourth-order valence-corrected chi connectivity index (χ4v) is 1.50. The molecule has 0 aliphatic carbocycles. The van der Waals surface area contributed by atoms with E-state index in [2.05, 4.69) is 5.32 Å². The van der Waals surface area contributed by atoms with Crippen molar-refractivity contribution in [3.63, 3.8) is 0 Å². The molecule has 2 aromatic heterocycles. The predicted molar refractivity (Wildman–Crippen MR) is 57.7 cm³/mol. The molecule has 0 spiro atoms. The number of hydrogen-bond acceptors (Lipinski definition) is 3. The van der Waals surface area contributed by atoms with Crippen LogP contribution in [0.15, 0.2) is 39.4 Å². The first-order valence-corrected chi connectivity index (χ1v) is 5.14. The molecule has 15 heavy (non-hydrogen) atoms. The van der Waals surface area contributed by atoms with Crippen LogP contribution in [0.3, 0.4) is 0 Å². The molecule has 0 aliphatic rings. The monoisotopic (exact) mass is 225 g/mol. The molecular weight excluding hydrogens is 214 g/mol. The van der Waals surface area contributed by atoms with Crippen LogP contribution in [0.2, 0.25) is 5.22 Å². The van der Waals surface area contributed by atoms with Gasteiger partial charge in [-0.2, -0.15) is 0 Å². The van der Waals surface area contributed by atoms with Crippen LogP contribution in [-0.2, 0) is 6.54 Å². The van der Waals surface area contributed by atoms with Gasteiger partial charge in [0.15, 0.2) is 5.22 Å². The summed E-state index contributed by atoms with van der Waals surface area (Å²) in [5.41, 5.74) is 0. The van der Waals surface area contributed by atoms with Gasteiger partial charge in [0.05, 0.1) is 18.8 Å². The molecule has 1 unspecified atom stereocenters. The van der Waals surface area contributed by atoms with Gasteiger partial charge in [-0.15, -0.1) is 0 Å². The second-order valence-electron chi connectivity index (χ2n) is 3.32. The van der Waals surface area contributed by atoms with Gasteiger partial charge < -0.3 is 14.2 Å². The zero-order valence-corrected chi connectivity index (χ0v) is 9.12. The largest absolute Gasteiger partial charge is 0.468 e. The van der Waals surface area contributed by atoms with E-state index in [0.29, 0.717) is 11.8 Å². The molecule has 0 aliphatic heterocycles. The Hall–Kier alpha value is -1.19. The van der Waals surface area contributed by atoms with Crippen molar-refractivity contribution in [2.24, 2.45) is 0 Å². The van der Waals surface area contributed by atoms with E-state index >= 15 is 0 Å². The van der Waals surface area contributed by atoms with Gasteiger partial charge >= 0.3 is 0 Å². The Morgan fingerprint density at radius 1 is 1.40 bits per heavy atom. The summed E-state index contributed by atoms with van der Waals surface area (Å²) >= 11 is 5.66. The Labute approximate surface area is 93.0 Å². The van der Waals surface area contributed by atoms with Crippen molar-refractivity contribution < 1.29 is 8.83 Å². The first-order valence-electron chi connectivity index (χ1n) is 4.76. The molecule has 0 aromatic carbocycles. The number of nitrogens with one attached hydrogen (secondary N) is 1. The third kappa shape index (κ3) is 2.64. The van der Waals surface area contributed by atoms with Crippen LogP contribution >= 0.6 is 11.6 Å². The Balaban J connectivity index is 1.88. The summed E-state index contributed by atoms with van der Waals surface area (Å²) in [5.74, 6) is 1.73. The highest BCUT2D eigenvalue weighted by atomic mass is 35.5. The second-order valence-corrected chi connectivity index (χ2v) is 3.70. The molecule has 2 aromatic rings. The van der Waals surface area contributed by atoms with Gasteiger partial charge in [0.1, 0.15) is 11.5 Å². The van der Waals surface area contributed by atoms with Gasteiger partial charge in [-0.05, 0) is 42.8 Å². The molecule has 0 radical (unpaired) electrons. The highest BCUT2D eigenvalue weighted by Crippen LogP contribution is 2.16. The quantitative estimate of drug-likeness (QED) is 0.867. The second kappa shape index (κ2) is 4.55. The molecule has 2 heterocycles. The van der Waals surface area contributed by atoms with Crippen LogP contribution in [0, 0.1) is 0 Å². The van der Waals surface area contributed by atoms with E-state index in [-0.39, 0.29) is 6.04 Å². The third-order valence-corrected chi connectivity index (χ3v) is 2.38. The average molecular weight is 226 g/mol. The van der Waals surface area contributed by atoms with Crippen molar-refractivity contribution in [2.45, 2.75) is 19.5 Å². The zero-order valence-electron chi connectivity index (χ0n) is 8.37. The number of furan rings is 2. The van der Waals surface area contributed by atoms with E-state index in [9.17, 15) is 0 Å². The zero-order chi connectivity index (χ0) is 10.7. The number of rotatable bonds is 4. The normalized spacial score (nSPS) is 12.9. The Kier molecular flexibility index (Phi) is 3.14. The summed E-state index contributed by atoms with van der Waals surface area (Å²) < 4.78 is 10.5. The third-order valence-electron chi connectivity index (χ3n) is 2.18. The Morgan fingerprint density at radius 2 is 2.27 bits per heavy atom. The molecule has 0 saturated carbocycles. The van der Waals surface area contributed by atoms with E-state index in [1.807, 2.05) is 25.1 Å². The highest BCUT2D eigenvalue weighted by molar-refractivity contribution is 6.28. The van der Waals surface area contributed by atoms with Crippen LogP contribution < -0.4 is 5.32 Å². The lowest BCUT2D eigenvalue weighted by atomic mass is 10.2. The summed E-state index contributed by atoms with van der Waals surface area (Å²) in [6, 6.07) is 7.55. The standard InChI is InChI=1S/C11H12ClNO2/c1-8(10-3-2-6-14-10)13-7-9-4-5-11(12)15-9/h2-6,8,13H,7H2,1H3. The molecule has 0 saturated heterocycles. The Morgan fingerprint density at radius 3 is 2.87 bits per heavy atom. The van der Waals surface area contributed by atoms with Crippen molar-refractivity contribution >= 4 is 11.6 Å². The fourth-order valence-electron chi connectivity index (χ4n) is 1.34. The van der Waals surface area contributed by atoms with Crippen molar-refractivity contribution in [3.8, 4) is 0 Å². The van der Waals surface area contributed by atoms with E-state index in [1.165, 1.54) is 0 Å². The van der Waals surface area contributed by atoms with Gasteiger partial charge in [0.25, 0.3) is 0 Å². The van der Waals surface area contributed by atoms with Crippen molar-refractivity contribution in [3.05, 3.63) is 47.3 Å². The van der Waals surface area contributed by atoms with Gasteiger partial charge in [-0.3, -0.25) is 0 Å². The summed E-state index contributed by atoms with van der Waals surface area (Å²) in [5, 5.41) is 3.68. The molecule has 80 valence electrons. The summed E-state index contributed by atoms with van der Waals surface area (Å²) in [4.78, 5) is 0. The van der Waals surface area contributed by atoms with E-state index < -0.39 is 0 Å². The maximum atomic E-state index is 5.66. The van der Waals surface area contributed by atoms with E-state index in [1.54, 1.807) is 12.3 Å². The molecule has 2 rings (SSSR count). The molecule has 3 nitrogen and oxygen atoms in total. The fraction of sp³-hybridized carbons (Fsp3) is 0.273. The molecule has 0 amide bonds. The van der Waals surface area contributed by atoms with E-state index in [4.69, 9.17) is 20.4 Å². The molecular formula is C11H12ClNO2. The Bertz CT molecular complexity index is 408. The molecule has 0 bridgehead atoms. The van der Waals surface area contributed by atoms with Crippen LogP contribution in [0.25, 0.3) is 0 Å². The lowest BCUT2D eigenvalue weighted by Crippen LogP contribution is -2.17. The van der Waals surface area contributed by atoms with Gasteiger partial charge in [0, 0.05) is 0 Å². The minimum absolute atomic E-state index is 0.156. The maximum Gasteiger partial charge on any atom is 0.193 e. The molecule has 1 atom stereocenters. The number of hydrogen-bond donors (Lipinski definition) is 1. The maximum absolute atomic E-state index is 5.66. The lowest BCUT2D eigenvalue weighted by molar-refractivity contribution is 0.407. The minimum atomic E-state index is 0.156. The summed E-state index contributed by atoms with van der Waals surface area (Å²) in [6.45, 7) is 2.66. The first kappa shape index (κ1) is 10.3. The molecule has 1 N–H and O–H groups in total. The summed E-state index contributed by atoms with van der Waals surface area (Å²) in [6.07, 6.45) is 1.66. The van der Waals surface area contributed by atoms with Crippen molar-refractivity contribution in [1.29, 1.82) is 0 Å². The molecule has 4 heteroatoms. The predicted octanol–water partition coefficient (Wildman–Crippen LogP) is 3.38. The van der Waals surface area contributed by atoms with Crippen LogP contribution in [0.4, 0.5) is 0 Å². The minimum Gasteiger partial charge on any atom is -0.468 e. The average Bonchev–Trinajstić information content (AvgIpc) is 2.84. The van der Waals surface area contributed by atoms with Gasteiger partial charge in [-0.25, -0.2) is 0 Å². The lowest BCUT2D eigenvalue weighted by Gasteiger charge is -2.09. The number of halogens is 1. The first-order chi connectivity index (χ1) is 7.25. The summed E-state index contributed by atoms with van der Waals surface area (Å²) in [7, 11) is 0. The van der Waals surface area contributed by atoms with Crippen LogP contribution in [-0.4, -0.2) is 0 Å². The molecule has 0 fully saturated rings. The van der Waals surface area contributed by atoms with Gasteiger partial charge in [0.2, 0.25) is 0 Å². The van der Waals surface area contributed by atoms with Crippen molar-refractivity contribution in [1.82, 2.24) is 5.32 Å². The van der Waals surface area contributed by atoms with Gasteiger partial charge in [-0.1, -0.05) is 0 Å². The SMILES string of the molecule is CC(NCc1ccc(Cl)o1)c1ccco1. The van der Waals surface area contributed by atoms with Crippen LogP contribution in [0.5, 0.6) is 0 Å². The highest BCUT2D eigenvalue weighted by Gasteiger charge is 2.08. The smallest absolute Gasteiger partial charge is 0.193 e. The van der Waals surface area contributed by atoms with Crippen molar-refractivity contribution in [2.75, 3.05) is 0 Å². The topological polar surface area (TPSA) is 38.3 Å². The van der Waals surface area contributed by atoms with Crippen LogP contribution in [0.1, 0.15) is 24.5 Å².